The van der Waals surface area contributed by atoms with Crippen LogP contribution in [0.4, 0.5) is 0 Å². The summed E-state index contributed by atoms with van der Waals surface area (Å²) in [5.74, 6) is 0. The second kappa shape index (κ2) is 3.11. The van der Waals surface area contributed by atoms with Gasteiger partial charge in [-0.15, -0.1) is 0 Å². The highest BCUT2D eigenvalue weighted by atomic mass is 15.2. The van der Waals surface area contributed by atoms with Crippen molar-refractivity contribution in [1.82, 2.24) is 4.90 Å². The van der Waals surface area contributed by atoms with Crippen LogP contribution in [0.3, 0.4) is 0 Å². The van der Waals surface area contributed by atoms with Crippen LogP contribution in [0.15, 0.2) is 0 Å². The summed E-state index contributed by atoms with van der Waals surface area (Å²) in [5.41, 5.74) is 6.02. The van der Waals surface area contributed by atoms with Crippen LogP contribution in [0.5, 0.6) is 0 Å². The molecule has 0 saturated carbocycles. The van der Waals surface area contributed by atoms with Crippen molar-refractivity contribution >= 4 is 0 Å². The maximum atomic E-state index is 5.89. The minimum absolute atomic E-state index is 0.0952. The van der Waals surface area contributed by atoms with Gasteiger partial charge in [-0.25, -0.2) is 0 Å². The average Bonchev–Trinajstić information content (AvgIpc) is 1.56. The second-order valence-electron chi connectivity index (χ2n) is 5.02. The zero-order chi connectivity index (χ0) is 9.28. The molecule has 68 valence electrons. The Morgan fingerprint density at radius 1 is 1.09 bits per heavy atom. The Morgan fingerprint density at radius 2 is 1.45 bits per heavy atom. The summed E-state index contributed by atoms with van der Waals surface area (Å²) in [5, 5.41) is 0. The van der Waals surface area contributed by atoms with Crippen molar-refractivity contribution < 1.29 is 0 Å². The van der Waals surface area contributed by atoms with Crippen LogP contribution < -0.4 is 5.73 Å². The third kappa shape index (κ3) is 5.22. The van der Waals surface area contributed by atoms with Crippen LogP contribution in [-0.2, 0) is 0 Å². The Morgan fingerprint density at radius 3 is 1.55 bits per heavy atom. The minimum Gasteiger partial charge on any atom is -0.324 e. The van der Waals surface area contributed by atoms with E-state index in [0.29, 0.717) is 0 Å². The normalized spacial score (nSPS) is 14.2. The molecule has 0 aromatic rings. The highest BCUT2D eigenvalue weighted by molar-refractivity contribution is 4.82. The maximum absolute atomic E-state index is 5.89. The molecule has 0 fully saturated rings. The van der Waals surface area contributed by atoms with E-state index >= 15 is 0 Å². The highest BCUT2D eigenvalue weighted by Gasteiger charge is 2.22. The predicted molar refractivity (Wildman–Crippen MR) is 50.6 cm³/mol. The summed E-state index contributed by atoms with van der Waals surface area (Å²) in [6.07, 6.45) is 0. The average molecular weight is 158 g/mol. The Bertz CT molecular complexity index is 117. The number of hydrogen-bond donors (Lipinski definition) is 1. The van der Waals surface area contributed by atoms with Gasteiger partial charge in [0.2, 0.25) is 0 Å². The van der Waals surface area contributed by atoms with Gasteiger partial charge in [-0.3, -0.25) is 4.90 Å². The molecule has 0 aliphatic carbocycles. The zero-order valence-corrected chi connectivity index (χ0v) is 8.73. The Labute approximate surface area is 70.8 Å². The van der Waals surface area contributed by atoms with Gasteiger partial charge in [-0.05, 0) is 41.7 Å². The first-order valence-corrected chi connectivity index (χ1v) is 4.13. The minimum atomic E-state index is -0.0952. The standard InChI is InChI=1S/C9H22N2/c1-8(2,3)11(6)7-9(4,5)10/h7,10H2,1-6H3. The van der Waals surface area contributed by atoms with E-state index < -0.39 is 0 Å². The molecule has 0 saturated heterocycles. The fraction of sp³-hybridized carbons (Fsp3) is 1.00. The topological polar surface area (TPSA) is 29.3 Å². The third-order valence-electron chi connectivity index (χ3n) is 1.79. The lowest BCUT2D eigenvalue weighted by Crippen LogP contribution is -2.50. The van der Waals surface area contributed by atoms with E-state index in [1.807, 2.05) is 0 Å². The Balaban J connectivity index is 3.99. The predicted octanol–water partition coefficient (Wildman–Crippen LogP) is 1.45. The summed E-state index contributed by atoms with van der Waals surface area (Å²) >= 11 is 0. The molecule has 0 aliphatic heterocycles. The molecule has 0 spiro atoms. The quantitative estimate of drug-likeness (QED) is 0.659. The second-order valence-corrected chi connectivity index (χ2v) is 5.02. The van der Waals surface area contributed by atoms with Gasteiger partial charge >= 0.3 is 0 Å². The van der Waals surface area contributed by atoms with E-state index in [2.05, 4.69) is 46.6 Å². The van der Waals surface area contributed by atoms with Gasteiger partial charge in [0.1, 0.15) is 0 Å². The summed E-state index contributed by atoms with van der Waals surface area (Å²) in [6.45, 7) is 11.6. The monoisotopic (exact) mass is 158 g/mol. The van der Waals surface area contributed by atoms with E-state index in [0.717, 1.165) is 6.54 Å². The van der Waals surface area contributed by atoms with Crippen molar-refractivity contribution in [3.05, 3.63) is 0 Å². The molecule has 0 heterocycles. The first-order chi connectivity index (χ1) is 4.63. The van der Waals surface area contributed by atoms with Gasteiger partial charge in [-0.1, -0.05) is 0 Å². The third-order valence-corrected chi connectivity index (χ3v) is 1.79. The van der Waals surface area contributed by atoms with E-state index in [-0.39, 0.29) is 11.1 Å². The molecule has 0 rings (SSSR count). The fourth-order valence-corrected chi connectivity index (χ4v) is 0.848. The van der Waals surface area contributed by atoms with Gasteiger partial charge in [0.15, 0.2) is 0 Å². The van der Waals surface area contributed by atoms with Crippen molar-refractivity contribution in [2.75, 3.05) is 13.6 Å². The van der Waals surface area contributed by atoms with Gasteiger partial charge < -0.3 is 5.73 Å². The molecule has 2 nitrogen and oxygen atoms in total. The van der Waals surface area contributed by atoms with Crippen LogP contribution in [0.25, 0.3) is 0 Å². The molecule has 0 aromatic carbocycles. The number of rotatable bonds is 2. The molecule has 11 heavy (non-hydrogen) atoms. The lowest BCUT2D eigenvalue weighted by molar-refractivity contribution is 0.146. The first-order valence-electron chi connectivity index (χ1n) is 4.13. The molecule has 0 bridgehead atoms. The van der Waals surface area contributed by atoms with Crippen molar-refractivity contribution in [1.29, 1.82) is 0 Å². The highest BCUT2D eigenvalue weighted by Crippen LogP contribution is 2.12. The molecule has 2 N–H and O–H groups in total. The Hall–Kier alpha value is -0.0800. The van der Waals surface area contributed by atoms with Crippen LogP contribution in [0, 0.1) is 0 Å². The lowest BCUT2D eigenvalue weighted by atomic mass is 10.0. The largest absolute Gasteiger partial charge is 0.324 e. The zero-order valence-electron chi connectivity index (χ0n) is 8.73. The smallest absolute Gasteiger partial charge is 0.0226 e. The number of likely N-dealkylation sites (N-methyl/N-ethyl adjacent to an activating group) is 1. The Kier molecular flexibility index (Phi) is 3.09. The molecular weight excluding hydrogens is 136 g/mol. The summed E-state index contributed by atoms with van der Waals surface area (Å²) < 4.78 is 0. The van der Waals surface area contributed by atoms with Crippen molar-refractivity contribution in [2.45, 2.75) is 45.7 Å². The molecule has 0 unspecified atom stereocenters. The molecule has 2 heteroatoms. The maximum Gasteiger partial charge on any atom is 0.0226 e. The molecule has 0 atom stereocenters. The van der Waals surface area contributed by atoms with Crippen LogP contribution in [0.2, 0.25) is 0 Å². The number of hydrogen-bond acceptors (Lipinski definition) is 2. The van der Waals surface area contributed by atoms with Gasteiger partial charge in [0, 0.05) is 17.6 Å². The lowest BCUT2D eigenvalue weighted by Gasteiger charge is -2.36. The van der Waals surface area contributed by atoms with Crippen molar-refractivity contribution in [3.63, 3.8) is 0 Å². The van der Waals surface area contributed by atoms with Gasteiger partial charge in [0.05, 0.1) is 0 Å². The SMILES string of the molecule is CN(CC(C)(C)N)C(C)(C)C. The first kappa shape index (κ1) is 10.9. The van der Waals surface area contributed by atoms with E-state index in [9.17, 15) is 0 Å². The molecule has 0 radical (unpaired) electrons. The summed E-state index contributed by atoms with van der Waals surface area (Å²) in [7, 11) is 2.11. The molecule has 0 amide bonds. The van der Waals surface area contributed by atoms with Gasteiger partial charge in [0.25, 0.3) is 0 Å². The van der Waals surface area contributed by atoms with Crippen molar-refractivity contribution in [3.8, 4) is 0 Å². The van der Waals surface area contributed by atoms with E-state index in [1.54, 1.807) is 0 Å². The molecular formula is C9H22N2. The van der Waals surface area contributed by atoms with E-state index in [1.165, 1.54) is 0 Å². The fourth-order valence-electron chi connectivity index (χ4n) is 0.848. The van der Waals surface area contributed by atoms with Crippen LogP contribution >= 0.6 is 0 Å². The molecule has 0 aromatic heterocycles. The number of nitrogens with two attached hydrogens (primary N) is 1. The summed E-state index contributed by atoms with van der Waals surface area (Å²) in [6, 6.07) is 0. The van der Waals surface area contributed by atoms with Gasteiger partial charge in [-0.2, -0.15) is 0 Å². The molecule has 0 aliphatic rings. The number of nitrogens with zero attached hydrogens (tertiary/aromatic N) is 1. The summed E-state index contributed by atoms with van der Waals surface area (Å²) in [4.78, 5) is 2.27. The van der Waals surface area contributed by atoms with E-state index in [4.69, 9.17) is 5.73 Å². The van der Waals surface area contributed by atoms with Crippen LogP contribution in [-0.4, -0.2) is 29.6 Å². The van der Waals surface area contributed by atoms with Crippen molar-refractivity contribution in [2.24, 2.45) is 5.73 Å². The van der Waals surface area contributed by atoms with Crippen LogP contribution in [0.1, 0.15) is 34.6 Å².